The van der Waals surface area contributed by atoms with E-state index in [-0.39, 0.29) is 18.1 Å². The summed E-state index contributed by atoms with van der Waals surface area (Å²) in [6, 6.07) is 0. The van der Waals surface area contributed by atoms with Gasteiger partial charge in [-0.3, -0.25) is 9.59 Å². The molecule has 0 N–H and O–H groups in total. The first kappa shape index (κ1) is 11.4. The van der Waals surface area contributed by atoms with Gasteiger partial charge in [0.05, 0.1) is 6.42 Å². The van der Waals surface area contributed by atoms with E-state index in [1.165, 1.54) is 31.3 Å². The topological polar surface area (TPSA) is 37.4 Å². The molecule has 1 amide bonds. The highest BCUT2D eigenvalue weighted by Gasteiger charge is 2.23. The molecular weight excluding hydrogens is 202 g/mol. The maximum atomic E-state index is 11.6. The molecule has 0 radical (unpaired) electrons. The number of amides is 1. The second-order valence-corrected chi connectivity index (χ2v) is 4.70. The molecule has 1 aliphatic heterocycles. The molecule has 0 aromatic carbocycles. The number of hydrogen-bond donors (Lipinski definition) is 0. The van der Waals surface area contributed by atoms with E-state index in [4.69, 9.17) is 0 Å². The zero-order valence-electron chi connectivity index (χ0n) is 9.71. The van der Waals surface area contributed by atoms with Gasteiger partial charge in [0, 0.05) is 19.5 Å². The Hall–Kier alpha value is -1.12. The molecule has 0 saturated carbocycles. The monoisotopic (exact) mass is 221 g/mol. The van der Waals surface area contributed by atoms with Crippen LogP contribution in [0.2, 0.25) is 0 Å². The van der Waals surface area contributed by atoms with Crippen molar-refractivity contribution in [2.45, 2.75) is 44.9 Å². The molecule has 2 aliphatic rings. The summed E-state index contributed by atoms with van der Waals surface area (Å²) in [6.45, 7) is 1.43. The summed E-state index contributed by atoms with van der Waals surface area (Å²) in [7, 11) is 0. The van der Waals surface area contributed by atoms with E-state index in [1.54, 1.807) is 0 Å². The van der Waals surface area contributed by atoms with Crippen LogP contribution >= 0.6 is 0 Å². The van der Waals surface area contributed by atoms with Gasteiger partial charge in [-0.1, -0.05) is 11.6 Å². The highest BCUT2D eigenvalue weighted by atomic mass is 16.2. The van der Waals surface area contributed by atoms with Crippen molar-refractivity contribution in [3.05, 3.63) is 11.6 Å². The van der Waals surface area contributed by atoms with Gasteiger partial charge in [-0.2, -0.15) is 0 Å². The lowest BCUT2D eigenvalue weighted by atomic mass is 9.97. The van der Waals surface area contributed by atoms with E-state index in [1.807, 2.05) is 4.90 Å². The van der Waals surface area contributed by atoms with Crippen LogP contribution in [-0.2, 0) is 9.59 Å². The van der Waals surface area contributed by atoms with Gasteiger partial charge in [0.2, 0.25) is 5.91 Å². The van der Waals surface area contributed by atoms with Gasteiger partial charge in [-0.15, -0.1) is 0 Å². The molecule has 0 unspecified atom stereocenters. The van der Waals surface area contributed by atoms with Crippen molar-refractivity contribution in [2.24, 2.45) is 0 Å². The fourth-order valence-electron chi connectivity index (χ4n) is 2.40. The van der Waals surface area contributed by atoms with Crippen molar-refractivity contribution >= 4 is 11.7 Å². The molecule has 1 fully saturated rings. The van der Waals surface area contributed by atoms with E-state index in [9.17, 15) is 9.59 Å². The lowest BCUT2D eigenvalue weighted by Crippen LogP contribution is -2.39. The number of carbonyl (C=O) groups excluding carboxylic acids is 2. The van der Waals surface area contributed by atoms with Crippen molar-refractivity contribution in [3.8, 4) is 0 Å². The first-order valence-electron chi connectivity index (χ1n) is 6.23. The average Bonchev–Trinajstić information content (AvgIpc) is 2.29. The minimum atomic E-state index is 0.0210. The summed E-state index contributed by atoms with van der Waals surface area (Å²) in [5.41, 5.74) is 1.50. The summed E-state index contributed by atoms with van der Waals surface area (Å²) >= 11 is 0. The lowest BCUT2D eigenvalue weighted by molar-refractivity contribution is -0.139. The van der Waals surface area contributed by atoms with Gasteiger partial charge in [0.15, 0.2) is 0 Å². The van der Waals surface area contributed by atoms with Gasteiger partial charge >= 0.3 is 0 Å². The van der Waals surface area contributed by atoms with E-state index in [2.05, 4.69) is 6.08 Å². The van der Waals surface area contributed by atoms with Crippen LogP contribution in [0.4, 0.5) is 0 Å². The van der Waals surface area contributed by atoms with Crippen LogP contribution in [-0.4, -0.2) is 29.7 Å². The quantitative estimate of drug-likeness (QED) is 0.540. The Morgan fingerprint density at radius 1 is 1.19 bits per heavy atom. The summed E-state index contributed by atoms with van der Waals surface area (Å²) in [5.74, 6) is 0.116. The predicted octanol–water partition coefficient (Wildman–Crippen LogP) is 2.07. The molecule has 3 nitrogen and oxygen atoms in total. The Balaban J connectivity index is 1.79. The fourth-order valence-corrected chi connectivity index (χ4v) is 2.40. The molecule has 1 aliphatic carbocycles. The first-order chi connectivity index (χ1) is 7.75. The van der Waals surface area contributed by atoms with Crippen molar-refractivity contribution in [3.63, 3.8) is 0 Å². The van der Waals surface area contributed by atoms with E-state index in [0.29, 0.717) is 13.0 Å². The van der Waals surface area contributed by atoms with Crippen molar-refractivity contribution < 1.29 is 9.59 Å². The Morgan fingerprint density at radius 3 is 2.75 bits per heavy atom. The number of nitrogens with zero attached hydrogens (tertiary/aromatic N) is 1. The van der Waals surface area contributed by atoms with Crippen LogP contribution in [0.5, 0.6) is 0 Å². The Labute approximate surface area is 96.5 Å². The second kappa shape index (κ2) is 5.28. The van der Waals surface area contributed by atoms with Crippen LogP contribution in [0, 0.1) is 0 Å². The summed E-state index contributed by atoms with van der Waals surface area (Å²) in [5, 5.41) is 0. The average molecular weight is 221 g/mol. The molecule has 3 heteroatoms. The smallest absolute Gasteiger partial charge is 0.230 e. The highest BCUT2D eigenvalue weighted by molar-refractivity contribution is 6.00. The van der Waals surface area contributed by atoms with E-state index >= 15 is 0 Å². The van der Waals surface area contributed by atoms with Crippen LogP contribution < -0.4 is 0 Å². The molecule has 1 saturated heterocycles. The minimum Gasteiger partial charge on any atom is -0.342 e. The second-order valence-electron chi connectivity index (χ2n) is 4.70. The molecule has 0 bridgehead atoms. The molecule has 0 atom stereocenters. The van der Waals surface area contributed by atoms with Gasteiger partial charge < -0.3 is 4.90 Å². The maximum Gasteiger partial charge on any atom is 0.230 e. The molecule has 1 heterocycles. The highest BCUT2D eigenvalue weighted by Crippen LogP contribution is 2.21. The van der Waals surface area contributed by atoms with Crippen LogP contribution in [0.25, 0.3) is 0 Å². The third-order valence-electron chi connectivity index (χ3n) is 3.45. The van der Waals surface area contributed by atoms with Gasteiger partial charge in [0.1, 0.15) is 5.78 Å². The molecular formula is C13H19NO2. The number of Topliss-reactive ketones (excluding diaryl/α,β-unsaturated/α-hetero) is 1. The number of hydrogen-bond acceptors (Lipinski definition) is 2. The number of allylic oxidation sites excluding steroid dienone is 1. The Kier molecular flexibility index (Phi) is 3.75. The standard InChI is InChI=1S/C13H19NO2/c15-12-7-9-14(13(16)10-12)8-6-11-4-2-1-3-5-11/h4H,1-3,5-10H2. The minimum absolute atomic E-state index is 0.0210. The van der Waals surface area contributed by atoms with Crippen LogP contribution in [0.3, 0.4) is 0 Å². The predicted molar refractivity (Wildman–Crippen MR) is 62.0 cm³/mol. The number of carbonyl (C=O) groups is 2. The summed E-state index contributed by atoms with van der Waals surface area (Å²) < 4.78 is 0. The maximum absolute atomic E-state index is 11.6. The molecule has 88 valence electrons. The largest absolute Gasteiger partial charge is 0.342 e. The fraction of sp³-hybridized carbons (Fsp3) is 0.692. The van der Waals surface area contributed by atoms with Crippen molar-refractivity contribution in [1.29, 1.82) is 0 Å². The number of likely N-dealkylation sites (tertiary alicyclic amines) is 1. The SMILES string of the molecule is O=C1CCN(CCC2=CCCCC2)C(=O)C1. The lowest BCUT2D eigenvalue weighted by Gasteiger charge is -2.26. The van der Waals surface area contributed by atoms with Gasteiger partial charge in [0.25, 0.3) is 0 Å². The molecule has 0 spiro atoms. The number of rotatable bonds is 3. The summed E-state index contributed by atoms with van der Waals surface area (Å²) in [4.78, 5) is 24.5. The number of ketones is 1. The van der Waals surface area contributed by atoms with Crippen LogP contribution in [0.1, 0.15) is 44.9 Å². The number of piperidine rings is 1. The van der Waals surface area contributed by atoms with Crippen LogP contribution in [0.15, 0.2) is 11.6 Å². The van der Waals surface area contributed by atoms with Gasteiger partial charge in [-0.05, 0) is 32.1 Å². The van der Waals surface area contributed by atoms with E-state index in [0.717, 1.165) is 13.0 Å². The molecule has 16 heavy (non-hydrogen) atoms. The zero-order chi connectivity index (χ0) is 11.4. The zero-order valence-corrected chi connectivity index (χ0v) is 9.71. The Morgan fingerprint density at radius 2 is 2.06 bits per heavy atom. The molecule has 0 aromatic heterocycles. The Bertz CT molecular complexity index is 320. The normalized spacial score (nSPS) is 22.2. The van der Waals surface area contributed by atoms with Gasteiger partial charge in [-0.25, -0.2) is 0 Å². The molecule has 0 aromatic rings. The van der Waals surface area contributed by atoms with Crippen molar-refractivity contribution in [2.75, 3.05) is 13.1 Å². The molecule has 2 rings (SSSR count). The first-order valence-corrected chi connectivity index (χ1v) is 6.23. The third-order valence-corrected chi connectivity index (χ3v) is 3.45. The summed E-state index contributed by atoms with van der Waals surface area (Å²) in [6.07, 6.45) is 8.98. The van der Waals surface area contributed by atoms with E-state index < -0.39 is 0 Å². The third kappa shape index (κ3) is 2.94. The van der Waals surface area contributed by atoms with Crippen molar-refractivity contribution in [1.82, 2.24) is 4.90 Å².